The Labute approximate surface area is 224 Å². The zero-order chi connectivity index (χ0) is 27.6. The number of ether oxygens (including phenoxy) is 2. The predicted octanol–water partition coefficient (Wildman–Crippen LogP) is 6.72. The molecule has 1 aliphatic heterocycles. The van der Waals surface area contributed by atoms with E-state index in [1.165, 1.54) is 25.3 Å². The number of benzene rings is 3. The minimum absolute atomic E-state index is 0.00635. The summed E-state index contributed by atoms with van der Waals surface area (Å²) >= 11 is 6.20. The first-order chi connectivity index (χ1) is 18.0. The lowest BCUT2D eigenvalue weighted by Gasteiger charge is -2.32. The van der Waals surface area contributed by atoms with Crippen LogP contribution in [0.1, 0.15) is 48.1 Å². The van der Waals surface area contributed by atoms with Gasteiger partial charge < -0.3 is 14.6 Å². The topological polar surface area (TPSA) is 89.9 Å². The van der Waals surface area contributed by atoms with E-state index < -0.39 is 38.8 Å². The van der Waals surface area contributed by atoms with Gasteiger partial charge in [-0.05, 0) is 60.9 Å². The van der Waals surface area contributed by atoms with Crippen molar-refractivity contribution in [1.82, 2.24) is 0 Å². The smallest absolute Gasteiger partial charge is 0.303 e. The molecule has 0 fully saturated rings. The molecule has 0 amide bonds. The van der Waals surface area contributed by atoms with Gasteiger partial charge in [0.2, 0.25) is 0 Å². The fourth-order valence-electron chi connectivity index (χ4n) is 4.54. The van der Waals surface area contributed by atoms with Crippen LogP contribution in [0.2, 0.25) is 5.02 Å². The summed E-state index contributed by atoms with van der Waals surface area (Å²) in [5.41, 5.74) is 1.72. The molecule has 3 aromatic carbocycles. The molecule has 1 aliphatic rings. The molecule has 10 heteroatoms. The highest BCUT2D eigenvalue weighted by Crippen LogP contribution is 2.44. The minimum atomic E-state index is -4.08. The third-order valence-electron chi connectivity index (χ3n) is 6.40. The Kier molecular flexibility index (Phi) is 8.08. The molecule has 200 valence electrons. The van der Waals surface area contributed by atoms with Crippen molar-refractivity contribution in [3.8, 4) is 11.5 Å². The second-order valence-corrected chi connectivity index (χ2v) is 11.5. The Hall–Kier alpha value is -3.43. The summed E-state index contributed by atoms with van der Waals surface area (Å²) in [4.78, 5) is 11.0. The van der Waals surface area contributed by atoms with Gasteiger partial charge in [0.05, 0.1) is 22.3 Å². The van der Waals surface area contributed by atoms with E-state index >= 15 is 0 Å². The molecule has 1 heterocycles. The van der Waals surface area contributed by atoms with Crippen LogP contribution in [-0.2, 0) is 14.6 Å². The van der Waals surface area contributed by atoms with Crippen LogP contribution in [0, 0.1) is 11.6 Å². The van der Waals surface area contributed by atoms with E-state index in [1.807, 2.05) is 0 Å². The van der Waals surface area contributed by atoms with E-state index in [4.69, 9.17) is 26.2 Å². The van der Waals surface area contributed by atoms with Gasteiger partial charge in [-0.2, -0.15) is 0 Å². The molecule has 38 heavy (non-hydrogen) atoms. The van der Waals surface area contributed by atoms with Crippen molar-refractivity contribution in [3.05, 3.63) is 87.9 Å². The molecule has 0 radical (unpaired) electrons. The van der Waals surface area contributed by atoms with Crippen molar-refractivity contribution in [2.24, 2.45) is 0 Å². The molecular weight excluding hydrogens is 538 g/mol. The number of carboxylic acid groups (broad SMARTS) is 1. The molecule has 1 N–H and O–H groups in total. The van der Waals surface area contributed by atoms with Crippen LogP contribution in [0.4, 0.5) is 8.78 Å². The van der Waals surface area contributed by atoms with Crippen LogP contribution in [0.25, 0.3) is 11.6 Å². The summed E-state index contributed by atoms with van der Waals surface area (Å²) in [6.45, 7) is 1.70. The third kappa shape index (κ3) is 5.68. The Bertz CT molecular complexity index is 1500. The molecule has 3 aromatic rings. The first-order valence-electron chi connectivity index (χ1n) is 11.7. The Morgan fingerprint density at radius 1 is 1.16 bits per heavy atom. The van der Waals surface area contributed by atoms with Gasteiger partial charge in [0, 0.05) is 30.0 Å². The van der Waals surface area contributed by atoms with Gasteiger partial charge in [-0.15, -0.1) is 0 Å². The number of hydrogen-bond donors (Lipinski definition) is 1. The zero-order valence-corrected chi connectivity index (χ0v) is 22.2. The maximum Gasteiger partial charge on any atom is 0.303 e. The lowest BCUT2D eigenvalue weighted by molar-refractivity contribution is -0.137. The van der Waals surface area contributed by atoms with Gasteiger partial charge in [0.1, 0.15) is 17.7 Å². The third-order valence-corrected chi connectivity index (χ3v) is 8.82. The van der Waals surface area contributed by atoms with Crippen LogP contribution in [-0.4, -0.2) is 32.7 Å². The monoisotopic (exact) mass is 562 g/mol. The number of halogens is 3. The number of carbonyl (C=O) groups is 1. The lowest BCUT2D eigenvalue weighted by Crippen LogP contribution is -2.30. The van der Waals surface area contributed by atoms with Crippen LogP contribution >= 0.6 is 11.6 Å². The fourth-order valence-corrected chi connectivity index (χ4v) is 6.70. The average Bonchev–Trinajstić information content (AvgIpc) is 2.87. The van der Waals surface area contributed by atoms with Crippen molar-refractivity contribution >= 4 is 39.1 Å². The number of allylic oxidation sites excluding steroid dienone is 1. The molecule has 0 spiro atoms. The molecule has 2 unspecified atom stereocenters. The van der Waals surface area contributed by atoms with E-state index in [0.717, 1.165) is 12.1 Å². The van der Waals surface area contributed by atoms with Gasteiger partial charge in [0.25, 0.3) is 0 Å². The highest BCUT2D eigenvalue weighted by molar-refractivity contribution is 7.91. The van der Waals surface area contributed by atoms with Crippen molar-refractivity contribution in [2.45, 2.75) is 42.4 Å². The van der Waals surface area contributed by atoms with Crippen LogP contribution in [0.3, 0.4) is 0 Å². The van der Waals surface area contributed by atoms with Crippen LogP contribution in [0.5, 0.6) is 11.5 Å². The van der Waals surface area contributed by atoms with E-state index in [-0.39, 0.29) is 40.5 Å². The first-order valence-corrected chi connectivity index (χ1v) is 13.7. The highest BCUT2D eigenvalue weighted by Gasteiger charge is 2.38. The molecular formula is C28H25ClF2O6S. The van der Waals surface area contributed by atoms with Crippen molar-refractivity contribution < 1.29 is 36.6 Å². The number of hydrogen-bond acceptors (Lipinski definition) is 5. The summed E-state index contributed by atoms with van der Waals surface area (Å²) in [7, 11) is -2.84. The van der Waals surface area contributed by atoms with E-state index in [9.17, 15) is 22.0 Å². The van der Waals surface area contributed by atoms with Crippen LogP contribution in [0.15, 0.2) is 59.5 Å². The molecule has 0 bridgehead atoms. The van der Waals surface area contributed by atoms with Gasteiger partial charge >= 0.3 is 5.97 Å². The second kappa shape index (κ2) is 11.1. The Morgan fingerprint density at radius 2 is 1.92 bits per heavy atom. The Balaban J connectivity index is 1.80. The number of methoxy groups -OCH3 is 1. The molecule has 4 rings (SSSR count). The second-order valence-electron chi connectivity index (χ2n) is 8.96. The van der Waals surface area contributed by atoms with Gasteiger partial charge in [0.15, 0.2) is 21.4 Å². The minimum Gasteiger partial charge on any atom is -0.494 e. The summed E-state index contributed by atoms with van der Waals surface area (Å²) in [6.07, 6.45) is 0.931. The number of sulfone groups is 1. The Morgan fingerprint density at radius 3 is 2.61 bits per heavy atom. The van der Waals surface area contributed by atoms with Gasteiger partial charge in [-0.25, -0.2) is 17.2 Å². The quantitative estimate of drug-likeness (QED) is 0.242. The summed E-state index contributed by atoms with van der Waals surface area (Å²) in [5, 5.41) is 8.25. The highest BCUT2D eigenvalue weighted by atomic mass is 35.5. The molecule has 0 aliphatic carbocycles. The summed E-state index contributed by atoms with van der Waals surface area (Å²) < 4.78 is 67.0. The molecule has 6 nitrogen and oxygen atoms in total. The maximum absolute atomic E-state index is 14.4. The van der Waals surface area contributed by atoms with Crippen molar-refractivity contribution in [3.63, 3.8) is 0 Å². The molecule has 0 saturated carbocycles. The van der Waals surface area contributed by atoms with E-state index in [0.29, 0.717) is 22.4 Å². The fraction of sp³-hybridized carbons (Fsp3) is 0.250. The van der Waals surface area contributed by atoms with Crippen molar-refractivity contribution in [2.75, 3.05) is 7.11 Å². The molecule has 0 aromatic heterocycles. The van der Waals surface area contributed by atoms with E-state index in [2.05, 4.69) is 0 Å². The normalized spacial score (nSPS) is 17.4. The summed E-state index contributed by atoms with van der Waals surface area (Å²) in [5.74, 6) is -2.12. The number of rotatable bonds is 8. The first kappa shape index (κ1) is 27.6. The van der Waals surface area contributed by atoms with Crippen molar-refractivity contribution in [1.29, 1.82) is 0 Å². The number of fused-ring (bicyclic) bond motifs is 1. The standard InChI is InChI=1S/C28H25ClF2O6S/c1-16(28-21(29)4-3-5-23(28)31)12-17-6-10-24-20(13-17)26(14-18(37-24)7-11-27(32)33)38(34,35)19-8-9-22(30)25(15-19)36-2/h3-6,8-10,12-13,15,18,26H,7,11,14H2,1-2H3,(H,32,33)/b16-12+. The van der Waals surface area contributed by atoms with Crippen LogP contribution < -0.4 is 9.47 Å². The number of carboxylic acids is 1. The molecule has 2 atom stereocenters. The zero-order valence-electron chi connectivity index (χ0n) is 20.6. The number of aliphatic carboxylic acids is 1. The van der Waals surface area contributed by atoms with E-state index in [1.54, 1.807) is 37.3 Å². The molecule has 0 saturated heterocycles. The predicted molar refractivity (Wildman–Crippen MR) is 140 cm³/mol. The van der Waals surface area contributed by atoms with Gasteiger partial charge in [-0.3, -0.25) is 4.79 Å². The maximum atomic E-state index is 14.4. The summed E-state index contributed by atoms with van der Waals surface area (Å²) in [6, 6.07) is 12.6. The lowest BCUT2D eigenvalue weighted by atomic mass is 9.96. The van der Waals surface area contributed by atoms with Gasteiger partial charge in [-0.1, -0.05) is 29.8 Å². The largest absolute Gasteiger partial charge is 0.494 e. The average molecular weight is 563 g/mol. The SMILES string of the molecule is COc1cc(S(=O)(=O)C2CC(CCC(=O)O)Oc3ccc(/C=C(\C)c4c(F)cccc4Cl)cc32)ccc1F.